The molecule has 0 aliphatic heterocycles. The van der Waals surface area contributed by atoms with Crippen LogP contribution in [0.15, 0.2) is 36.5 Å². The zero-order chi connectivity index (χ0) is 14.5. The third-order valence-electron chi connectivity index (χ3n) is 3.35. The molecule has 0 bridgehead atoms. The molecular formula is C16H20Cl2N2. The average molecular weight is 311 g/mol. The average Bonchev–Trinajstić information content (AvgIpc) is 2.89. The first-order valence-corrected chi connectivity index (χ1v) is 7.84. The van der Waals surface area contributed by atoms with Gasteiger partial charge in [0.2, 0.25) is 0 Å². The second kappa shape index (κ2) is 7.14. The molecule has 0 amide bonds. The van der Waals surface area contributed by atoms with Crippen LogP contribution >= 0.6 is 23.2 Å². The molecule has 0 fully saturated rings. The van der Waals surface area contributed by atoms with E-state index in [1.54, 1.807) is 0 Å². The molecule has 0 radical (unpaired) electrons. The first-order chi connectivity index (χ1) is 9.58. The van der Waals surface area contributed by atoms with Gasteiger partial charge in [-0.2, -0.15) is 5.10 Å². The maximum atomic E-state index is 6.11. The smallest absolute Gasteiger partial charge is 0.0628 e. The zero-order valence-electron chi connectivity index (χ0n) is 11.9. The number of hydrogen-bond donors (Lipinski definition) is 0. The van der Waals surface area contributed by atoms with Gasteiger partial charge in [-0.05, 0) is 56.4 Å². The molecule has 0 spiro atoms. The molecule has 0 saturated heterocycles. The van der Waals surface area contributed by atoms with Crippen LogP contribution in [0.5, 0.6) is 0 Å². The summed E-state index contributed by atoms with van der Waals surface area (Å²) >= 11 is 12.0. The predicted molar refractivity (Wildman–Crippen MR) is 85.7 cm³/mol. The van der Waals surface area contributed by atoms with Gasteiger partial charge in [0.1, 0.15) is 0 Å². The minimum absolute atomic E-state index is 0.397. The van der Waals surface area contributed by atoms with Crippen LogP contribution in [-0.4, -0.2) is 15.7 Å². The molecule has 0 aliphatic rings. The van der Waals surface area contributed by atoms with Crippen LogP contribution in [-0.2, 0) is 12.8 Å². The van der Waals surface area contributed by atoms with Crippen molar-refractivity contribution in [1.29, 1.82) is 0 Å². The van der Waals surface area contributed by atoms with Gasteiger partial charge in [-0.15, -0.1) is 11.6 Å². The molecule has 2 aromatic rings. The largest absolute Gasteiger partial charge is 0.270 e. The predicted octanol–water partition coefficient (Wildman–Crippen LogP) is 4.76. The van der Waals surface area contributed by atoms with E-state index in [9.17, 15) is 0 Å². The molecule has 0 aliphatic carbocycles. The normalized spacial score (nSPS) is 12.8. The lowest BCUT2D eigenvalue weighted by molar-refractivity contribution is 0.511. The van der Waals surface area contributed by atoms with Crippen molar-refractivity contribution in [2.24, 2.45) is 5.92 Å². The molecule has 2 nitrogen and oxygen atoms in total. The number of aromatic nitrogens is 2. The molecule has 4 heteroatoms. The van der Waals surface area contributed by atoms with Gasteiger partial charge >= 0.3 is 0 Å². The van der Waals surface area contributed by atoms with Crippen molar-refractivity contribution >= 4 is 23.2 Å². The van der Waals surface area contributed by atoms with Crippen LogP contribution in [0, 0.1) is 5.92 Å². The van der Waals surface area contributed by atoms with E-state index < -0.39 is 0 Å². The molecule has 1 aromatic heterocycles. The maximum Gasteiger partial charge on any atom is 0.0628 e. The summed E-state index contributed by atoms with van der Waals surface area (Å²) in [7, 11) is 0. The highest BCUT2D eigenvalue weighted by atomic mass is 35.5. The Labute approximate surface area is 130 Å². The van der Waals surface area contributed by atoms with E-state index in [-0.39, 0.29) is 0 Å². The minimum Gasteiger partial charge on any atom is -0.270 e. The van der Waals surface area contributed by atoms with Gasteiger partial charge < -0.3 is 0 Å². The maximum absolute atomic E-state index is 6.11. The Balaban J connectivity index is 1.99. The van der Waals surface area contributed by atoms with Crippen molar-refractivity contribution in [3.05, 3.63) is 52.8 Å². The van der Waals surface area contributed by atoms with E-state index in [4.69, 9.17) is 23.2 Å². The van der Waals surface area contributed by atoms with Crippen LogP contribution in [0.25, 0.3) is 0 Å². The van der Waals surface area contributed by atoms with Gasteiger partial charge in [0.15, 0.2) is 0 Å². The van der Waals surface area contributed by atoms with Gasteiger partial charge in [0, 0.05) is 23.1 Å². The first-order valence-electron chi connectivity index (χ1n) is 6.93. The van der Waals surface area contributed by atoms with Gasteiger partial charge in [-0.1, -0.05) is 23.7 Å². The molecule has 2 rings (SSSR count). The fraction of sp³-hybridized carbons (Fsp3) is 0.438. The van der Waals surface area contributed by atoms with Crippen molar-refractivity contribution in [2.45, 2.75) is 32.7 Å². The number of hydrogen-bond acceptors (Lipinski definition) is 1. The monoisotopic (exact) mass is 310 g/mol. The fourth-order valence-electron chi connectivity index (χ4n) is 2.20. The van der Waals surface area contributed by atoms with Crippen LogP contribution in [0.2, 0.25) is 5.02 Å². The highest BCUT2D eigenvalue weighted by molar-refractivity contribution is 6.30. The third kappa shape index (κ3) is 4.26. The van der Waals surface area contributed by atoms with E-state index >= 15 is 0 Å². The standard InChI is InChI=1S/C16H20Cl2N2/c1-12(2)20-8-7-16(19-20)10-14(11-17)9-13-3-5-15(18)6-4-13/h3-8,12,14H,9-11H2,1-2H3. The summed E-state index contributed by atoms with van der Waals surface area (Å²) < 4.78 is 1.99. The van der Waals surface area contributed by atoms with E-state index in [2.05, 4.69) is 37.1 Å². The Morgan fingerprint density at radius 3 is 2.35 bits per heavy atom. The van der Waals surface area contributed by atoms with Crippen LogP contribution in [0.1, 0.15) is 31.1 Å². The van der Waals surface area contributed by atoms with Crippen LogP contribution < -0.4 is 0 Å². The lowest BCUT2D eigenvalue weighted by Gasteiger charge is -2.13. The Kier molecular flexibility index (Phi) is 5.50. The molecular weight excluding hydrogens is 291 g/mol. The Bertz CT molecular complexity index is 532. The molecule has 1 aromatic carbocycles. The summed E-state index contributed by atoms with van der Waals surface area (Å²) in [6.07, 6.45) is 3.90. The van der Waals surface area contributed by atoms with Crippen molar-refractivity contribution in [3.8, 4) is 0 Å². The number of nitrogens with zero attached hydrogens (tertiary/aromatic N) is 2. The minimum atomic E-state index is 0.397. The quantitative estimate of drug-likeness (QED) is 0.703. The second-order valence-corrected chi connectivity index (χ2v) is 6.18. The Hall–Kier alpha value is -0.990. The van der Waals surface area contributed by atoms with E-state index in [0.717, 1.165) is 23.6 Å². The molecule has 1 atom stereocenters. The number of alkyl halides is 1. The van der Waals surface area contributed by atoms with Crippen LogP contribution in [0.3, 0.4) is 0 Å². The molecule has 20 heavy (non-hydrogen) atoms. The van der Waals surface area contributed by atoms with Crippen molar-refractivity contribution in [1.82, 2.24) is 9.78 Å². The molecule has 0 N–H and O–H groups in total. The van der Waals surface area contributed by atoms with Gasteiger partial charge in [-0.25, -0.2) is 0 Å². The Morgan fingerprint density at radius 2 is 1.80 bits per heavy atom. The van der Waals surface area contributed by atoms with Crippen molar-refractivity contribution in [3.63, 3.8) is 0 Å². The first kappa shape index (κ1) is 15.4. The lowest BCUT2D eigenvalue weighted by atomic mass is 9.96. The number of benzene rings is 1. The van der Waals surface area contributed by atoms with E-state index in [1.165, 1.54) is 5.56 Å². The summed E-state index contributed by atoms with van der Waals surface area (Å²) in [5.41, 5.74) is 2.38. The Morgan fingerprint density at radius 1 is 1.10 bits per heavy atom. The lowest BCUT2D eigenvalue weighted by Crippen LogP contribution is -2.11. The summed E-state index contributed by atoms with van der Waals surface area (Å²) in [4.78, 5) is 0. The van der Waals surface area contributed by atoms with Gasteiger partial charge in [-0.3, -0.25) is 4.68 Å². The highest BCUT2D eigenvalue weighted by Crippen LogP contribution is 2.18. The van der Waals surface area contributed by atoms with E-state index in [0.29, 0.717) is 17.8 Å². The third-order valence-corrected chi connectivity index (χ3v) is 4.03. The summed E-state index contributed by atoms with van der Waals surface area (Å²) in [5.74, 6) is 1.03. The molecule has 1 heterocycles. The van der Waals surface area contributed by atoms with Crippen molar-refractivity contribution in [2.75, 3.05) is 5.88 Å². The van der Waals surface area contributed by atoms with Crippen molar-refractivity contribution < 1.29 is 0 Å². The number of halogens is 2. The number of rotatable bonds is 6. The topological polar surface area (TPSA) is 17.8 Å². The second-order valence-electron chi connectivity index (χ2n) is 5.44. The summed E-state index contributed by atoms with van der Waals surface area (Å²) in [6.45, 7) is 4.26. The zero-order valence-corrected chi connectivity index (χ0v) is 13.4. The fourth-order valence-corrected chi connectivity index (χ4v) is 2.55. The van der Waals surface area contributed by atoms with Gasteiger partial charge in [0.25, 0.3) is 0 Å². The van der Waals surface area contributed by atoms with Gasteiger partial charge in [0.05, 0.1) is 5.69 Å². The molecule has 1 unspecified atom stereocenters. The van der Waals surface area contributed by atoms with Crippen LogP contribution in [0.4, 0.5) is 0 Å². The molecule has 0 saturated carbocycles. The molecule has 108 valence electrons. The van der Waals surface area contributed by atoms with E-state index in [1.807, 2.05) is 23.0 Å². The highest BCUT2D eigenvalue weighted by Gasteiger charge is 2.12. The summed E-state index contributed by atoms with van der Waals surface area (Å²) in [5, 5.41) is 5.36. The summed E-state index contributed by atoms with van der Waals surface area (Å²) in [6, 6.07) is 10.5. The SMILES string of the molecule is CC(C)n1ccc(CC(CCl)Cc2ccc(Cl)cc2)n1.